The van der Waals surface area contributed by atoms with Crippen molar-refractivity contribution in [2.45, 2.75) is 59.3 Å². The quantitative estimate of drug-likeness (QED) is 0.740. The largest absolute Gasteiger partial charge is 0.392 e. The standard InChI is InChI=1S/C16H27NO2/c1-6-14(17-9-13(5)18)16(19)15-11(3)7-10(2)8-12(15)4/h7-8,13-14,16-19H,6,9H2,1-5H3. The topological polar surface area (TPSA) is 52.5 Å². The summed E-state index contributed by atoms with van der Waals surface area (Å²) in [7, 11) is 0. The highest BCUT2D eigenvalue weighted by Gasteiger charge is 2.22. The fraction of sp³-hybridized carbons (Fsp3) is 0.625. The molecule has 3 unspecified atom stereocenters. The molecule has 0 spiro atoms. The zero-order valence-electron chi connectivity index (χ0n) is 12.7. The minimum Gasteiger partial charge on any atom is -0.392 e. The SMILES string of the molecule is CCC(NCC(C)O)C(O)c1c(C)cc(C)cc1C. The van der Waals surface area contributed by atoms with E-state index in [0.29, 0.717) is 6.54 Å². The zero-order chi connectivity index (χ0) is 14.6. The van der Waals surface area contributed by atoms with Gasteiger partial charge >= 0.3 is 0 Å². The van der Waals surface area contributed by atoms with Gasteiger partial charge in [-0.05, 0) is 50.8 Å². The van der Waals surface area contributed by atoms with Gasteiger partial charge in [0.2, 0.25) is 0 Å². The maximum absolute atomic E-state index is 10.6. The summed E-state index contributed by atoms with van der Waals surface area (Å²) in [4.78, 5) is 0. The van der Waals surface area contributed by atoms with E-state index in [1.54, 1.807) is 6.92 Å². The number of hydrogen-bond acceptors (Lipinski definition) is 3. The van der Waals surface area contributed by atoms with Crippen LogP contribution in [0.25, 0.3) is 0 Å². The highest BCUT2D eigenvalue weighted by molar-refractivity contribution is 5.39. The molecule has 0 bridgehead atoms. The van der Waals surface area contributed by atoms with Crippen molar-refractivity contribution in [1.82, 2.24) is 5.32 Å². The second-order valence-electron chi connectivity index (χ2n) is 5.53. The van der Waals surface area contributed by atoms with E-state index in [0.717, 1.165) is 23.1 Å². The van der Waals surface area contributed by atoms with Crippen LogP contribution in [0.3, 0.4) is 0 Å². The van der Waals surface area contributed by atoms with Crippen LogP contribution >= 0.6 is 0 Å². The number of aryl methyl sites for hydroxylation is 3. The van der Waals surface area contributed by atoms with Gasteiger partial charge in [0.05, 0.1) is 12.2 Å². The van der Waals surface area contributed by atoms with Crippen LogP contribution in [0.2, 0.25) is 0 Å². The number of benzene rings is 1. The molecule has 3 nitrogen and oxygen atoms in total. The second kappa shape index (κ2) is 7.04. The van der Waals surface area contributed by atoms with Gasteiger partial charge < -0.3 is 15.5 Å². The second-order valence-corrected chi connectivity index (χ2v) is 5.53. The molecule has 3 N–H and O–H groups in total. The third kappa shape index (κ3) is 4.30. The fourth-order valence-corrected chi connectivity index (χ4v) is 2.66. The molecular formula is C16H27NO2. The van der Waals surface area contributed by atoms with Crippen molar-refractivity contribution < 1.29 is 10.2 Å². The van der Waals surface area contributed by atoms with Gasteiger partial charge in [0.25, 0.3) is 0 Å². The highest BCUT2D eigenvalue weighted by atomic mass is 16.3. The van der Waals surface area contributed by atoms with Gasteiger partial charge in [-0.25, -0.2) is 0 Å². The van der Waals surface area contributed by atoms with Crippen molar-refractivity contribution >= 4 is 0 Å². The first-order chi connectivity index (χ1) is 8.86. The summed E-state index contributed by atoms with van der Waals surface area (Å²) in [6.45, 7) is 10.4. The average Bonchev–Trinajstić information content (AvgIpc) is 2.27. The lowest BCUT2D eigenvalue weighted by Crippen LogP contribution is -2.38. The van der Waals surface area contributed by atoms with E-state index in [1.807, 2.05) is 20.8 Å². The molecule has 0 aliphatic rings. The van der Waals surface area contributed by atoms with E-state index in [-0.39, 0.29) is 6.04 Å². The summed E-state index contributed by atoms with van der Waals surface area (Å²) >= 11 is 0. The Morgan fingerprint density at radius 1 is 1.11 bits per heavy atom. The number of hydrogen-bond donors (Lipinski definition) is 3. The molecule has 0 amide bonds. The predicted octanol–water partition coefficient (Wildman–Crippen LogP) is 2.39. The molecule has 0 aliphatic carbocycles. The van der Waals surface area contributed by atoms with E-state index in [4.69, 9.17) is 0 Å². The molecule has 1 aromatic carbocycles. The van der Waals surface area contributed by atoms with Gasteiger partial charge in [0.15, 0.2) is 0 Å². The number of rotatable bonds is 6. The van der Waals surface area contributed by atoms with Gasteiger partial charge in [-0.3, -0.25) is 0 Å². The van der Waals surface area contributed by atoms with Crippen molar-refractivity contribution in [2.75, 3.05) is 6.54 Å². The van der Waals surface area contributed by atoms with Crippen LogP contribution in [0, 0.1) is 20.8 Å². The molecule has 0 aliphatic heterocycles. The lowest BCUT2D eigenvalue weighted by molar-refractivity contribution is 0.111. The summed E-state index contributed by atoms with van der Waals surface area (Å²) in [6, 6.07) is 4.18. The van der Waals surface area contributed by atoms with Gasteiger partial charge in [-0.15, -0.1) is 0 Å². The molecular weight excluding hydrogens is 238 g/mol. The summed E-state index contributed by atoms with van der Waals surface area (Å²) in [6.07, 6.45) is -0.119. The van der Waals surface area contributed by atoms with Crippen molar-refractivity contribution in [1.29, 1.82) is 0 Å². The molecule has 1 rings (SSSR count). The average molecular weight is 265 g/mol. The zero-order valence-corrected chi connectivity index (χ0v) is 12.7. The molecule has 0 heterocycles. The van der Waals surface area contributed by atoms with Gasteiger partial charge in [-0.2, -0.15) is 0 Å². The summed E-state index contributed by atoms with van der Waals surface area (Å²) in [5.74, 6) is 0. The van der Waals surface area contributed by atoms with Crippen LogP contribution in [-0.4, -0.2) is 28.9 Å². The van der Waals surface area contributed by atoms with E-state index >= 15 is 0 Å². The number of nitrogens with one attached hydrogen (secondary N) is 1. The van der Waals surface area contributed by atoms with Crippen LogP contribution < -0.4 is 5.32 Å². The van der Waals surface area contributed by atoms with Gasteiger partial charge in [-0.1, -0.05) is 24.6 Å². The van der Waals surface area contributed by atoms with Gasteiger partial charge in [0, 0.05) is 12.6 Å². The smallest absolute Gasteiger partial charge is 0.0947 e. The Morgan fingerprint density at radius 3 is 2.05 bits per heavy atom. The molecule has 3 atom stereocenters. The Bertz CT molecular complexity index is 392. The Labute approximate surface area is 116 Å². The minimum absolute atomic E-state index is 0.0327. The molecule has 0 radical (unpaired) electrons. The van der Waals surface area contributed by atoms with Crippen LogP contribution in [0.1, 0.15) is 48.6 Å². The maximum atomic E-state index is 10.6. The Kier molecular flexibility index (Phi) is 5.98. The van der Waals surface area contributed by atoms with E-state index in [2.05, 4.69) is 24.4 Å². The lowest BCUT2D eigenvalue weighted by atomic mass is 9.91. The maximum Gasteiger partial charge on any atom is 0.0947 e. The Hall–Kier alpha value is -0.900. The van der Waals surface area contributed by atoms with Crippen molar-refractivity contribution in [3.05, 3.63) is 34.4 Å². The van der Waals surface area contributed by atoms with Crippen LogP contribution in [-0.2, 0) is 0 Å². The normalized spacial score (nSPS) is 16.2. The van der Waals surface area contributed by atoms with Crippen LogP contribution in [0.15, 0.2) is 12.1 Å². The van der Waals surface area contributed by atoms with Gasteiger partial charge in [0.1, 0.15) is 0 Å². The monoisotopic (exact) mass is 265 g/mol. The lowest BCUT2D eigenvalue weighted by Gasteiger charge is -2.27. The Balaban J connectivity index is 2.94. The molecule has 19 heavy (non-hydrogen) atoms. The number of aliphatic hydroxyl groups is 2. The third-order valence-electron chi connectivity index (χ3n) is 3.53. The summed E-state index contributed by atoms with van der Waals surface area (Å²) < 4.78 is 0. The van der Waals surface area contributed by atoms with E-state index in [1.165, 1.54) is 5.56 Å². The first kappa shape index (κ1) is 16.2. The Morgan fingerprint density at radius 2 is 1.63 bits per heavy atom. The molecule has 1 aromatic rings. The first-order valence-corrected chi connectivity index (χ1v) is 7.04. The minimum atomic E-state index is -0.538. The molecule has 0 fully saturated rings. The predicted molar refractivity (Wildman–Crippen MR) is 79.4 cm³/mol. The molecule has 3 heteroatoms. The number of aliphatic hydroxyl groups excluding tert-OH is 2. The van der Waals surface area contributed by atoms with Crippen molar-refractivity contribution in [2.24, 2.45) is 0 Å². The van der Waals surface area contributed by atoms with Crippen molar-refractivity contribution in [3.8, 4) is 0 Å². The first-order valence-electron chi connectivity index (χ1n) is 7.04. The van der Waals surface area contributed by atoms with Crippen LogP contribution in [0.5, 0.6) is 0 Å². The summed E-state index contributed by atoms with van der Waals surface area (Å²) in [5, 5.41) is 23.2. The highest BCUT2D eigenvalue weighted by Crippen LogP contribution is 2.27. The third-order valence-corrected chi connectivity index (χ3v) is 3.53. The summed E-state index contributed by atoms with van der Waals surface area (Å²) in [5.41, 5.74) is 4.48. The van der Waals surface area contributed by atoms with Crippen LogP contribution in [0.4, 0.5) is 0 Å². The molecule has 0 saturated carbocycles. The molecule has 0 aromatic heterocycles. The van der Waals surface area contributed by atoms with Crippen molar-refractivity contribution in [3.63, 3.8) is 0 Å². The van der Waals surface area contributed by atoms with E-state index in [9.17, 15) is 10.2 Å². The fourth-order valence-electron chi connectivity index (χ4n) is 2.66. The molecule has 108 valence electrons. The molecule has 0 saturated heterocycles. The van der Waals surface area contributed by atoms with E-state index < -0.39 is 12.2 Å².